The molecule has 0 spiro atoms. The zero-order valence-corrected chi connectivity index (χ0v) is 9.89. The first-order valence-electron chi connectivity index (χ1n) is 5.57. The molecule has 1 rings (SSSR count). The van der Waals surface area contributed by atoms with Gasteiger partial charge in [0.2, 0.25) is 0 Å². The largest absolute Gasteiger partial charge is 0.352 e. The van der Waals surface area contributed by atoms with Crippen LogP contribution in [0, 0.1) is 10.1 Å². The molecule has 0 fully saturated rings. The topological polar surface area (TPSA) is 110 Å². The van der Waals surface area contributed by atoms with Gasteiger partial charge in [-0.25, -0.2) is 4.79 Å². The van der Waals surface area contributed by atoms with Crippen LogP contribution < -0.4 is 16.4 Å². The van der Waals surface area contributed by atoms with Crippen LogP contribution in [-0.4, -0.2) is 30.6 Å². The van der Waals surface area contributed by atoms with E-state index < -0.39 is 11.0 Å². The monoisotopic (exact) mass is 252 g/mol. The van der Waals surface area contributed by atoms with Crippen molar-refractivity contribution in [1.82, 2.24) is 10.6 Å². The minimum absolute atomic E-state index is 0.0948. The first kappa shape index (κ1) is 13.9. The molecule has 7 heteroatoms. The van der Waals surface area contributed by atoms with Gasteiger partial charge >= 0.3 is 6.03 Å². The van der Waals surface area contributed by atoms with Gasteiger partial charge in [0.05, 0.1) is 4.92 Å². The summed E-state index contributed by atoms with van der Waals surface area (Å²) in [5.41, 5.74) is 6.02. The lowest BCUT2D eigenvalue weighted by Crippen LogP contribution is -2.35. The van der Waals surface area contributed by atoms with Crippen LogP contribution in [-0.2, 0) is 6.42 Å². The van der Waals surface area contributed by atoms with Crippen LogP contribution in [0.5, 0.6) is 0 Å². The molecule has 1 aromatic rings. The molecule has 0 aliphatic carbocycles. The molecule has 98 valence electrons. The SMILES string of the molecule is NC(=O)NCCNCCc1ccc([N+](=O)[O-])cc1. The third-order valence-electron chi connectivity index (χ3n) is 2.34. The molecule has 0 aliphatic heterocycles. The number of benzene rings is 1. The number of rotatable bonds is 7. The number of primary amides is 1. The van der Waals surface area contributed by atoms with E-state index in [1.54, 1.807) is 12.1 Å². The van der Waals surface area contributed by atoms with Crippen LogP contribution in [0.25, 0.3) is 0 Å². The summed E-state index contributed by atoms with van der Waals surface area (Å²) in [7, 11) is 0. The van der Waals surface area contributed by atoms with Gasteiger partial charge in [0.25, 0.3) is 5.69 Å². The predicted molar refractivity (Wildman–Crippen MR) is 67.3 cm³/mol. The van der Waals surface area contributed by atoms with E-state index >= 15 is 0 Å². The summed E-state index contributed by atoms with van der Waals surface area (Å²) in [5.74, 6) is 0. The summed E-state index contributed by atoms with van der Waals surface area (Å²) in [6.45, 7) is 1.85. The lowest BCUT2D eigenvalue weighted by Gasteiger charge is -2.05. The van der Waals surface area contributed by atoms with Crippen molar-refractivity contribution >= 4 is 11.7 Å². The van der Waals surface area contributed by atoms with Crippen molar-refractivity contribution in [2.24, 2.45) is 5.73 Å². The molecule has 4 N–H and O–H groups in total. The third kappa shape index (κ3) is 5.26. The molecule has 7 nitrogen and oxygen atoms in total. The van der Waals surface area contributed by atoms with E-state index in [0.717, 1.165) is 18.5 Å². The first-order valence-corrected chi connectivity index (χ1v) is 5.57. The van der Waals surface area contributed by atoms with Crippen molar-refractivity contribution in [3.63, 3.8) is 0 Å². The number of nitro groups is 1. The van der Waals surface area contributed by atoms with Crippen molar-refractivity contribution in [2.75, 3.05) is 19.6 Å². The summed E-state index contributed by atoms with van der Waals surface area (Å²) in [4.78, 5) is 20.4. The maximum atomic E-state index is 10.4. The molecule has 0 atom stereocenters. The van der Waals surface area contributed by atoms with Gasteiger partial charge in [-0.2, -0.15) is 0 Å². The summed E-state index contributed by atoms with van der Waals surface area (Å²) >= 11 is 0. The Kier molecular flexibility index (Phi) is 5.59. The second kappa shape index (κ2) is 7.23. The third-order valence-corrected chi connectivity index (χ3v) is 2.34. The molecule has 0 aromatic heterocycles. The average Bonchev–Trinajstić information content (AvgIpc) is 2.34. The molecule has 0 aliphatic rings. The molecule has 18 heavy (non-hydrogen) atoms. The summed E-state index contributed by atoms with van der Waals surface area (Å²) < 4.78 is 0. The maximum absolute atomic E-state index is 10.4. The molecule has 0 radical (unpaired) electrons. The fraction of sp³-hybridized carbons (Fsp3) is 0.364. The predicted octanol–water partition coefficient (Wildman–Crippen LogP) is 0.395. The standard InChI is InChI=1S/C11H16N4O3/c12-11(16)14-8-7-13-6-5-9-1-3-10(4-2-9)15(17)18/h1-4,13H,5-8H2,(H3,12,14,16). The Bertz CT molecular complexity index is 405. The number of nitrogens with zero attached hydrogens (tertiary/aromatic N) is 1. The van der Waals surface area contributed by atoms with Gasteiger partial charge in [-0.05, 0) is 18.5 Å². The van der Waals surface area contributed by atoms with Gasteiger partial charge in [-0.15, -0.1) is 0 Å². The Morgan fingerprint density at radius 2 is 1.89 bits per heavy atom. The van der Waals surface area contributed by atoms with E-state index in [1.807, 2.05) is 0 Å². The smallest absolute Gasteiger partial charge is 0.312 e. The second-order valence-electron chi connectivity index (χ2n) is 3.71. The van der Waals surface area contributed by atoms with Crippen molar-refractivity contribution in [3.8, 4) is 0 Å². The van der Waals surface area contributed by atoms with Gasteiger partial charge < -0.3 is 16.4 Å². The van der Waals surface area contributed by atoms with E-state index in [1.165, 1.54) is 12.1 Å². The van der Waals surface area contributed by atoms with Gasteiger partial charge in [0, 0.05) is 25.2 Å². The minimum Gasteiger partial charge on any atom is -0.352 e. The molecular formula is C11H16N4O3. The number of amides is 2. The average molecular weight is 252 g/mol. The van der Waals surface area contributed by atoms with Crippen LogP contribution in [0.1, 0.15) is 5.56 Å². The van der Waals surface area contributed by atoms with Gasteiger partial charge in [-0.3, -0.25) is 10.1 Å². The quantitative estimate of drug-likeness (QED) is 0.370. The Balaban J connectivity index is 2.19. The van der Waals surface area contributed by atoms with Crippen LogP contribution in [0.4, 0.5) is 10.5 Å². The van der Waals surface area contributed by atoms with Gasteiger partial charge in [0.15, 0.2) is 0 Å². The number of nitrogens with one attached hydrogen (secondary N) is 2. The number of urea groups is 1. The highest BCUT2D eigenvalue weighted by Crippen LogP contribution is 2.11. The molecular weight excluding hydrogens is 236 g/mol. The van der Waals surface area contributed by atoms with Crippen LogP contribution >= 0.6 is 0 Å². The lowest BCUT2D eigenvalue weighted by molar-refractivity contribution is -0.384. The number of non-ortho nitro benzene ring substituents is 1. The van der Waals surface area contributed by atoms with Gasteiger partial charge in [-0.1, -0.05) is 12.1 Å². The molecule has 1 aromatic carbocycles. The zero-order chi connectivity index (χ0) is 13.4. The van der Waals surface area contributed by atoms with Gasteiger partial charge in [0.1, 0.15) is 0 Å². The molecule has 0 heterocycles. The normalized spacial score (nSPS) is 10.0. The number of nitro benzene ring substituents is 1. The van der Waals surface area contributed by atoms with E-state index in [4.69, 9.17) is 5.73 Å². The molecule has 0 saturated carbocycles. The van der Waals surface area contributed by atoms with Crippen molar-refractivity contribution < 1.29 is 9.72 Å². The highest BCUT2D eigenvalue weighted by molar-refractivity contribution is 5.71. The fourth-order valence-corrected chi connectivity index (χ4v) is 1.42. The number of nitrogens with two attached hydrogens (primary N) is 1. The van der Waals surface area contributed by atoms with E-state index in [-0.39, 0.29) is 5.69 Å². The Morgan fingerprint density at radius 3 is 2.44 bits per heavy atom. The van der Waals surface area contributed by atoms with Crippen LogP contribution in [0.3, 0.4) is 0 Å². The van der Waals surface area contributed by atoms with E-state index in [2.05, 4.69) is 10.6 Å². The first-order chi connectivity index (χ1) is 8.59. The number of hydrogen-bond acceptors (Lipinski definition) is 4. The fourth-order valence-electron chi connectivity index (χ4n) is 1.42. The molecule has 2 amide bonds. The molecule has 0 bridgehead atoms. The maximum Gasteiger partial charge on any atom is 0.312 e. The van der Waals surface area contributed by atoms with Crippen molar-refractivity contribution in [2.45, 2.75) is 6.42 Å². The number of carbonyl (C=O) groups is 1. The molecule has 0 saturated heterocycles. The Morgan fingerprint density at radius 1 is 1.22 bits per heavy atom. The highest BCUT2D eigenvalue weighted by atomic mass is 16.6. The van der Waals surface area contributed by atoms with Crippen LogP contribution in [0.2, 0.25) is 0 Å². The summed E-state index contributed by atoms with van der Waals surface area (Å²) in [6.07, 6.45) is 0.772. The Hall–Kier alpha value is -2.15. The van der Waals surface area contributed by atoms with Crippen molar-refractivity contribution in [1.29, 1.82) is 0 Å². The number of hydrogen-bond donors (Lipinski definition) is 3. The zero-order valence-electron chi connectivity index (χ0n) is 9.89. The summed E-state index contributed by atoms with van der Waals surface area (Å²) in [5, 5.41) is 16.0. The van der Waals surface area contributed by atoms with E-state index in [9.17, 15) is 14.9 Å². The second-order valence-corrected chi connectivity index (χ2v) is 3.71. The Labute approximate surface area is 105 Å². The highest BCUT2D eigenvalue weighted by Gasteiger charge is 2.03. The minimum atomic E-state index is -0.535. The van der Waals surface area contributed by atoms with Crippen LogP contribution in [0.15, 0.2) is 24.3 Å². The van der Waals surface area contributed by atoms with E-state index in [0.29, 0.717) is 13.1 Å². The van der Waals surface area contributed by atoms with Crippen molar-refractivity contribution in [3.05, 3.63) is 39.9 Å². The number of carbonyl (C=O) groups excluding carboxylic acids is 1. The summed E-state index contributed by atoms with van der Waals surface area (Å²) in [6, 6.07) is 5.92. The molecule has 0 unspecified atom stereocenters. The lowest BCUT2D eigenvalue weighted by atomic mass is 10.1.